The van der Waals surface area contributed by atoms with Crippen molar-refractivity contribution in [2.45, 2.75) is 19.9 Å². The monoisotopic (exact) mass is 382 g/mol. The van der Waals surface area contributed by atoms with E-state index in [1.165, 1.54) is 24.3 Å². The Hall–Kier alpha value is -3.55. The standard InChI is InChI=1S/C20H19FN4O3/c1-3-22-18(26)17-19(27)24(13(2)14-9-5-4-6-10-14)20(28)25(23-17)16-12-8-7-11-15(16)21/h4-13H,3H2,1-2H3,(H,22,26)/t13-/m0/s1. The Morgan fingerprint density at radius 2 is 1.75 bits per heavy atom. The molecule has 0 aliphatic heterocycles. The number of nitrogens with zero attached hydrogens (tertiary/aromatic N) is 3. The number of carbonyl (C=O) groups is 1. The van der Waals surface area contributed by atoms with Gasteiger partial charge in [0.1, 0.15) is 11.5 Å². The number of aromatic nitrogens is 3. The van der Waals surface area contributed by atoms with Gasteiger partial charge in [-0.25, -0.2) is 13.8 Å². The Balaban J connectivity index is 2.32. The molecule has 3 rings (SSSR count). The number of rotatable bonds is 5. The number of amides is 1. The molecule has 144 valence electrons. The van der Waals surface area contributed by atoms with Crippen molar-refractivity contribution >= 4 is 5.91 Å². The summed E-state index contributed by atoms with van der Waals surface area (Å²) in [4.78, 5) is 38.3. The second kappa shape index (κ2) is 7.99. The maximum atomic E-state index is 14.3. The van der Waals surface area contributed by atoms with Crippen molar-refractivity contribution in [1.82, 2.24) is 19.7 Å². The molecule has 0 unspecified atom stereocenters. The minimum absolute atomic E-state index is 0.146. The largest absolute Gasteiger partial charge is 0.352 e. The van der Waals surface area contributed by atoms with Crippen molar-refractivity contribution in [3.05, 3.63) is 92.5 Å². The predicted molar refractivity (Wildman–Crippen MR) is 102 cm³/mol. The van der Waals surface area contributed by atoms with Crippen LogP contribution in [0.25, 0.3) is 5.69 Å². The SMILES string of the molecule is CCNC(=O)c1nn(-c2ccccc2F)c(=O)n([C@@H](C)c2ccccc2)c1=O. The molecule has 1 aromatic heterocycles. The molecule has 3 aromatic rings. The number of benzene rings is 2. The van der Waals surface area contributed by atoms with E-state index in [2.05, 4.69) is 10.4 Å². The summed E-state index contributed by atoms with van der Waals surface area (Å²) < 4.78 is 16.0. The highest BCUT2D eigenvalue weighted by molar-refractivity contribution is 5.91. The summed E-state index contributed by atoms with van der Waals surface area (Å²) in [6.07, 6.45) is 0. The average Bonchev–Trinajstić information content (AvgIpc) is 2.69. The normalized spacial score (nSPS) is 11.8. The molecule has 28 heavy (non-hydrogen) atoms. The van der Waals surface area contributed by atoms with Gasteiger partial charge in [0.25, 0.3) is 11.5 Å². The van der Waals surface area contributed by atoms with Crippen molar-refractivity contribution in [2.24, 2.45) is 0 Å². The second-order valence-electron chi connectivity index (χ2n) is 6.12. The molecule has 2 aromatic carbocycles. The number of hydrogen-bond acceptors (Lipinski definition) is 4. The maximum absolute atomic E-state index is 14.3. The molecule has 0 saturated heterocycles. The highest BCUT2D eigenvalue weighted by Gasteiger charge is 2.24. The third kappa shape index (κ3) is 3.48. The molecule has 0 spiro atoms. The molecule has 8 heteroatoms. The van der Waals surface area contributed by atoms with Crippen molar-refractivity contribution < 1.29 is 9.18 Å². The van der Waals surface area contributed by atoms with Gasteiger partial charge < -0.3 is 5.32 Å². The second-order valence-corrected chi connectivity index (χ2v) is 6.12. The minimum Gasteiger partial charge on any atom is -0.351 e. The lowest BCUT2D eigenvalue weighted by Crippen LogP contribution is -2.47. The van der Waals surface area contributed by atoms with Crippen LogP contribution in [0.15, 0.2) is 64.2 Å². The Bertz CT molecular complexity index is 1120. The van der Waals surface area contributed by atoms with Crippen LogP contribution in [-0.2, 0) is 0 Å². The van der Waals surface area contributed by atoms with E-state index < -0.39 is 34.7 Å². The molecule has 0 aliphatic carbocycles. The summed E-state index contributed by atoms with van der Waals surface area (Å²) in [5, 5.41) is 6.37. The molecule has 1 heterocycles. The van der Waals surface area contributed by atoms with Crippen LogP contribution in [-0.4, -0.2) is 26.8 Å². The fraction of sp³-hybridized carbons (Fsp3) is 0.200. The van der Waals surface area contributed by atoms with Crippen LogP contribution in [0.4, 0.5) is 4.39 Å². The molecule has 1 atom stereocenters. The number of halogens is 1. The predicted octanol–water partition coefficient (Wildman–Crippen LogP) is 1.89. The van der Waals surface area contributed by atoms with Crippen molar-refractivity contribution in [3.63, 3.8) is 0 Å². The van der Waals surface area contributed by atoms with Gasteiger partial charge in [0.15, 0.2) is 0 Å². The van der Waals surface area contributed by atoms with E-state index in [-0.39, 0.29) is 12.2 Å². The molecular formula is C20H19FN4O3. The van der Waals surface area contributed by atoms with Gasteiger partial charge in [-0.1, -0.05) is 42.5 Å². The summed E-state index contributed by atoms with van der Waals surface area (Å²) >= 11 is 0. The van der Waals surface area contributed by atoms with Gasteiger partial charge in [0, 0.05) is 6.54 Å². The fourth-order valence-electron chi connectivity index (χ4n) is 2.88. The van der Waals surface area contributed by atoms with Crippen LogP contribution in [0.2, 0.25) is 0 Å². The molecule has 0 fully saturated rings. The smallest absolute Gasteiger partial charge is 0.351 e. The van der Waals surface area contributed by atoms with Crippen LogP contribution >= 0.6 is 0 Å². The van der Waals surface area contributed by atoms with E-state index in [0.717, 1.165) is 9.25 Å². The third-order valence-electron chi connectivity index (χ3n) is 4.31. The molecule has 0 bridgehead atoms. The van der Waals surface area contributed by atoms with E-state index in [0.29, 0.717) is 5.56 Å². The van der Waals surface area contributed by atoms with Gasteiger partial charge in [0.05, 0.1) is 6.04 Å². The summed E-state index contributed by atoms with van der Waals surface area (Å²) in [5.41, 5.74) is -1.60. The summed E-state index contributed by atoms with van der Waals surface area (Å²) in [6.45, 7) is 3.62. The lowest BCUT2D eigenvalue weighted by molar-refractivity contribution is 0.0945. The van der Waals surface area contributed by atoms with E-state index in [1.54, 1.807) is 38.1 Å². The topological polar surface area (TPSA) is 86.0 Å². The van der Waals surface area contributed by atoms with Gasteiger partial charge in [-0.3, -0.25) is 9.59 Å². The summed E-state index contributed by atoms with van der Waals surface area (Å²) in [5.74, 6) is -1.43. The Morgan fingerprint density at radius 1 is 1.11 bits per heavy atom. The first kappa shape index (κ1) is 19.2. The lowest BCUT2D eigenvalue weighted by atomic mass is 10.1. The first-order valence-electron chi connectivity index (χ1n) is 8.79. The van der Waals surface area contributed by atoms with Crippen LogP contribution < -0.4 is 16.6 Å². The minimum atomic E-state index is -0.834. The van der Waals surface area contributed by atoms with E-state index in [9.17, 15) is 18.8 Å². The Kier molecular flexibility index (Phi) is 5.49. The molecule has 0 radical (unpaired) electrons. The Labute approximate surface area is 160 Å². The van der Waals surface area contributed by atoms with Crippen LogP contribution in [0.3, 0.4) is 0 Å². The zero-order valence-corrected chi connectivity index (χ0v) is 15.4. The number of nitrogens with one attached hydrogen (secondary N) is 1. The van der Waals surface area contributed by atoms with Crippen molar-refractivity contribution in [2.75, 3.05) is 6.54 Å². The molecule has 0 aliphatic rings. The van der Waals surface area contributed by atoms with Crippen LogP contribution in [0, 0.1) is 5.82 Å². The molecule has 1 amide bonds. The third-order valence-corrected chi connectivity index (χ3v) is 4.31. The first-order chi connectivity index (χ1) is 13.5. The zero-order chi connectivity index (χ0) is 20.3. The van der Waals surface area contributed by atoms with Gasteiger partial charge in [-0.15, -0.1) is 0 Å². The lowest BCUT2D eigenvalue weighted by Gasteiger charge is -2.17. The number of carbonyl (C=O) groups excluding carboxylic acids is 1. The van der Waals surface area contributed by atoms with Crippen LogP contribution in [0.5, 0.6) is 0 Å². The van der Waals surface area contributed by atoms with Gasteiger partial charge in [-0.2, -0.15) is 9.78 Å². The van der Waals surface area contributed by atoms with Crippen molar-refractivity contribution in [1.29, 1.82) is 0 Å². The highest BCUT2D eigenvalue weighted by Crippen LogP contribution is 2.15. The van der Waals surface area contributed by atoms with Gasteiger partial charge in [0.2, 0.25) is 5.69 Å². The molecule has 7 nitrogen and oxygen atoms in total. The van der Waals surface area contributed by atoms with Crippen LogP contribution in [0.1, 0.15) is 35.9 Å². The molecule has 1 N–H and O–H groups in total. The highest BCUT2D eigenvalue weighted by atomic mass is 19.1. The first-order valence-corrected chi connectivity index (χ1v) is 8.79. The Morgan fingerprint density at radius 3 is 2.39 bits per heavy atom. The van der Waals surface area contributed by atoms with Gasteiger partial charge in [-0.05, 0) is 31.5 Å². The zero-order valence-electron chi connectivity index (χ0n) is 15.4. The van der Waals surface area contributed by atoms with Crippen molar-refractivity contribution in [3.8, 4) is 5.69 Å². The number of hydrogen-bond donors (Lipinski definition) is 1. The fourth-order valence-corrected chi connectivity index (χ4v) is 2.88. The van der Waals surface area contributed by atoms with E-state index in [4.69, 9.17) is 0 Å². The number of para-hydroxylation sites is 1. The maximum Gasteiger partial charge on any atom is 0.352 e. The molecular weight excluding hydrogens is 363 g/mol. The quantitative estimate of drug-likeness (QED) is 0.730. The average molecular weight is 382 g/mol. The van der Waals surface area contributed by atoms with Gasteiger partial charge >= 0.3 is 5.69 Å². The molecule has 0 saturated carbocycles. The summed E-state index contributed by atoms with van der Waals surface area (Å²) in [6, 6.07) is 13.7. The van der Waals surface area contributed by atoms with E-state index in [1.807, 2.05) is 6.07 Å². The summed E-state index contributed by atoms with van der Waals surface area (Å²) in [7, 11) is 0. The van der Waals surface area contributed by atoms with E-state index >= 15 is 0 Å².